The first-order valence-corrected chi connectivity index (χ1v) is 8.49. The quantitative estimate of drug-likeness (QED) is 0.894. The molecule has 128 valence electrons. The fourth-order valence-electron chi connectivity index (χ4n) is 3.42. The molecule has 0 aromatic carbocycles. The van der Waals surface area contributed by atoms with E-state index in [0.29, 0.717) is 13.0 Å². The second-order valence-corrected chi connectivity index (χ2v) is 6.50. The first-order valence-electron chi connectivity index (χ1n) is 8.49. The summed E-state index contributed by atoms with van der Waals surface area (Å²) in [7, 11) is 1.91. The van der Waals surface area contributed by atoms with E-state index in [1.165, 1.54) is 0 Å². The fraction of sp³-hybridized carbons (Fsp3) is 0.500. The van der Waals surface area contributed by atoms with Crippen LogP contribution in [0.15, 0.2) is 10.9 Å². The predicted molar refractivity (Wildman–Crippen MR) is 92.4 cm³/mol. The first-order chi connectivity index (χ1) is 11.5. The SMILES string of the molecule is Cc1nn(C)c(C)c1CCNC(=O)c1cc2c([nH]c1=O)CCCC2. The molecule has 0 aliphatic heterocycles. The molecule has 0 unspecified atom stereocenters. The van der Waals surface area contributed by atoms with Gasteiger partial charge in [-0.25, -0.2) is 0 Å². The molecule has 2 N–H and O–H groups in total. The maximum Gasteiger partial charge on any atom is 0.261 e. The van der Waals surface area contributed by atoms with Crippen molar-refractivity contribution in [2.45, 2.75) is 46.0 Å². The summed E-state index contributed by atoms with van der Waals surface area (Å²) in [6, 6.07) is 1.77. The van der Waals surface area contributed by atoms with E-state index in [2.05, 4.69) is 15.4 Å². The van der Waals surface area contributed by atoms with Gasteiger partial charge in [0.05, 0.1) is 5.69 Å². The number of pyridine rings is 1. The molecule has 0 spiro atoms. The molecule has 2 heterocycles. The maximum absolute atomic E-state index is 12.4. The van der Waals surface area contributed by atoms with Gasteiger partial charge in [-0.15, -0.1) is 0 Å². The Bertz CT molecular complexity index is 832. The van der Waals surface area contributed by atoms with Gasteiger partial charge >= 0.3 is 0 Å². The lowest BCUT2D eigenvalue weighted by atomic mass is 9.95. The highest BCUT2D eigenvalue weighted by Gasteiger charge is 2.17. The van der Waals surface area contributed by atoms with Gasteiger partial charge in [0.25, 0.3) is 11.5 Å². The van der Waals surface area contributed by atoms with E-state index in [-0.39, 0.29) is 17.0 Å². The second kappa shape index (κ2) is 6.63. The Labute approximate surface area is 141 Å². The molecule has 1 aliphatic carbocycles. The monoisotopic (exact) mass is 328 g/mol. The van der Waals surface area contributed by atoms with Gasteiger partial charge in [-0.05, 0) is 63.1 Å². The van der Waals surface area contributed by atoms with Crippen LogP contribution in [0, 0.1) is 13.8 Å². The lowest BCUT2D eigenvalue weighted by Crippen LogP contribution is -2.32. The number of carbonyl (C=O) groups is 1. The number of aryl methyl sites for hydroxylation is 4. The van der Waals surface area contributed by atoms with Crippen molar-refractivity contribution < 1.29 is 4.79 Å². The number of H-pyrrole nitrogens is 1. The number of hydrogen-bond donors (Lipinski definition) is 2. The molecule has 0 atom stereocenters. The van der Waals surface area contributed by atoms with E-state index in [1.54, 1.807) is 6.07 Å². The zero-order valence-electron chi connectivity index (χ0n) is 14.5. The largest absolute Gasteiger partial charge is 0.352 e. The maximum atomic E-state index is 12.4. The normalized spacial score (nSPS) is 13.6. The molecule has 0 fully saturated rings. The molecule has 6 heteroatoms. The Hall–Kier alpha value is -2.37. The molecular formula is C18H24N4O2. The van der Waals surface area contributed by atoms with Crippen LogP contribution in [0.4, 0.5) is 0 Å². The number of rotatable bonds is 4. The Balaban J connectivity index is 1.68. The fourth-order valence-corrected chi connectivity index (χ4v) is 3.42. The molecule has 2 aromatic rings. The number of fused-ring (bicyclic) bond motifs is 1. The summed E-state index contributed by atoms with van der Waals surface area (Å²) in [4.78, 5) is 27.4. The third kappa shape index (κ3) is 3.13. The van der Waals surface area contributed by atoms with Gasteiger partial charge in [0.2, 0.25) is 0 Å². The summed E-state index contributed by atoms with van der Waals surface area (Å²) in [6.45, 7) is 4.48. The molecule has 0 saturated carbocycles. The molecular weight excluding hydrogens is 304 g/mol. The highest BCUT2D eigenvalue weighted by molar-refractivity contribution is 5.94. The van der Waals surface area contributed by atoms with Crippen LogP contribution in [0.3, 0.4) is 0 Å². The molecule has 24 heavy (non-hydrogen) atoms. The van der Waals surface area contributed by atoms with Gasteiger partial charge < -0.3 is 10.3 Å². The standard InChI is InChI=1S/C18H24N4O2/c1-11-14(12(2)22(3)21-11)8-9-19-17(23)15-10-13-6-4-5-7-16(13)20-18(15)24/h10H,4-9H2,1-3H3,(H,19,23)(H,20,24). The van der Waals surface area contributed by atoms with Crippen LogP contribution in [0.1, 0.15) is 51.4 Å². The van der Waals surface area contributed by atoms with Gasteiger partial charge in [-0.2, -0.15) is 5.10 Å². The van der Waals surface area contributed by atoms with Gasteiger partial charge in [-0.3, -0.25) is 14.3 Å². The smallest absolute Gasteiger partial charge is 0.261 e. The van der Waals surface area contributed by atoms with Crippen LogP contribution >= 0.6 is 0 Å². The molecule has 1 aliphatic rings. The number of nitrogens with zero attached hydrogens (tertiary/aromatic N) is 2. The summed E-state index contributed by atoms with van der Waals surface area (Å²) in [5, 5.41) is 7.24. The van der Waals surface area contributed by atoms with E-state index in [4.69, 9.17) is 0 Å². The van der Waals surface area contributed by atoms with Crippen LogP contribution in [0.2, 0.25) is 0 Å². The van der Waals surface area contributed by atoms with Crippen molar-refractivity contribution in [3.63, 3.8) is 0 Å². The van der Waals surface area contributed by atoms with Gasteiger partial charge in [0, 0.05) is 25.0 Å². The van der Waals surface area contributed by atoms with Crippen LogP contribution in [0.5, 0.6) is 0 Å². The minimum absolute atomic E-state index is 0.218. The summed E-state index contributed by atoms with van der Waals surface area (Å²) >= 11 is 0. The summed E-state index contributed by atoms with van der Waals surface area (Å²) in [5.74, 6) is -0.302. The lowest BCUT2D eigenvalue weighted by Gasteiger charge is -2.16. The predicted octanol–water partition coefficient (Wildman–Crippen LogP) is 1.58. The van der Waals surface area contributed by atoms with Crippen molar-refractivity contribution in [1.29, 1.82) is 0 Å². The third-order valence-electron chi connectivity index (χ3n) is 4.90. The van der Waals surface area contributed by atoms with E-state index >= 15 is 0 Å². The van der Waals surface area contributed by atoms with E-state index < -0.39 is 0 Å². The third-order valence-corrected chi connectivity index (χ3v) is 4.90. The first kappa shape index (κ1) is 16.5. The average Bonchev–Trinajstić information content (AvgIpc) is 2.80. The number of aromatic amines is 1. The van der Waals surface area contributed by atoms with Crippen molar-refractivity contribution >= 4 is 5.91 Å². The number of amides is 1. The summed E-state index contributed by atoms with van der Waals surface area (Å²) < 4.78 is 1.85. The number of aromatic nitrogens is 3. The van der Waals surface area contributed by atoms with Crippen molar-refractivity contribution in [2.24, 2.45) is 7.05 Å². The molecule has 0 saturated heterocycles. The summed E-state index contributed by atoms with van der Waals surface area (Å²) in [6.07, 6.45) is 4.74. The highest BCUT2D eigenvalue weighted by Crippen LogP contribution is 2.18. The molecule has 1 amide bonds. The van der Waals surface area contributed by atoms with Crippen molar-refractivity contribution in [2.75, 3.05) is 6.54 Å². The van der Waals surface area contributed by atoms with Crippen molar-refractivity contribution in [3.05, 3.63) is 50.2 Å². The molecule has 2 aromatic heterocycles. The Morgan fingerprint density at radius 1 is 1.33 bits per heavy atom. The zero-order chi connectivity index (χ0) is 17.3. The molecule has 3 rings (SSSR count). The topological polar surface area (TPSA) is 79.8 Å². The van der Waals surface area contributed by atoms with E-state index in [0.717, 1.165) is 53.9 Å². The van der Waals surface area contributed by atoms with Crippen LogP contribution in [0.25, 0.3) is 0 Å². The van der Waals surface area contributed by atoms with Gasteiger partial charge in [0.15, 0.2) is 0 Å². The van der Waals surface area contributed by atoms with Crippen molar-refractivity contribution in [3.8, 4) is 0 Å². The van der Waals surface area contributed by atoms with Crippen LogP contribution in [-0.4, -0.2) is 27.2 Å². The average molecular weight is 328 g/mol. The summed E-state index contributed by atoms with van der Waals surface area (Å²) in [5.41, 5.74) is 5.26. The number of nitrogens with one attached hydrogen (secondary N) is 2. The second-order valence-electron chi connectivity index (χ2n) is 6.50. The minimum Gasteiger partial charge on any atom is -0.352 e. The van der Waals surface area contributed by atoms with E-state index in [9.17, 15) is 9.59 Å². The number of hydrogen-bond acceptors (Lipinski definition) is 3. The van der Waals surface area contributed by atoms with Crippen molar-refractivity contribution in [1.82, 2.24) is 20.1 Å². The lowest BCUT2D eigenvalue weighted by molar-refractivity contribution is 0.0952. The molecule has 0 bridgehead atoms. The molecule has 6 nitrogen and oxygen atoms in total. The number of carbonyl (C=O) groups excluding carboxylic acids is 1. The Morgan fingerprint density at radius 2 is 2.08 bits per heavy atom. The Morgan fingerprint density at radius 3 is 2.79 bits per heavy atom. The van der Waals surface area contributed by atoms with Crippen LogP contribution in [-0.2, 0) is 26.3 Å². The Kier molecular flexibility index (Phi) is 4.55. The van der Waals surface area contributed by atoms with Crippen LogP contribution < -0.4 is 10.9 Å². The van der Waals surface area contributed by atoms with Gasteiger partial charge in [-0.1, -0.05) is 0 Å². The zero-order valence-corrected chi connectivity index (χ0v) is 14.5. The highest BCUT2D eigenvalue weighted by atomic mass is 16.2. The molecule has 0 radical (unpaired) electrons. The van der Waals surface area contributed by atoms with E-state index in [1.807, 2.05) is 25.6 Å². The van der Waals surface area contributed by atoms with Gasteiger partial charge in [0.1, 0.15) is 5.56 Å². The minimum atomic E-state index is -0.302.